The lowest BCUT2D eigenvalue weighted by atomic mass is 10.0. The number of hydrogen-bond acceptors (Lipinski definition) is 8. The topological polar surface area (TPSA) is 133 Å². The number of rotatable bonds is 5. The Labute approximate surface area is 195 Å². The lowest BCUT2D eigenvalue weighted by Gasteiger charge is -2.23. The van der Waals surface area contributed by atoms with E-state index in [1.807, 2.05) is 16.8 Å². The van der Waals surface area contributed by atoms with Crippen LogP contribution in [0.4, 0.5) is 11.6 Å². The number of nitrogen functional groups attached to an aromatic ring is 1. The summed E-state index contributed by atoms with van der Waals surface area (Å²) < 4.78 is 7.66. The quantitative estimate of drug-likeness (QED) is 0.417. The van der Waals surface area contributed by atoms with Crippen LogP contribution in [-0.4, -0.2) is 50.3 Å². The van der Waals surface area contributed by atoms with E-state index in [-0.39, 0.29) is 11.9 Å². The third-order valence-corrected chi connectivity index (χ3v) is 6.75. The van der Waals surface area contributed by atoms with Crippen molar-refractivity contribution in [1.82, 2.24) is 30.0 Å². The first-order valence-corrected chi connectivity index (χ1v) is 11.2. The summed E-state index contributed by atoms with van der Waals surface area (Å²) in [7, 11) is 1.57. The van der Waals surface area contributed by atoms with Crippen LogP contribution in [0.15, 0.2) is 48.9 Å². The van der Waals surface area contributed by atoms with Crippen LogP contribution in [0.2, 0.25) is 0 Å². The average molecular weight is 457 g/mol. The Bertz CT molecular complexity index is 1390. The Morgan fingerprint density at radius 3 is 2.85 bits per heavy atom. The Morgan fingerprint density at radius 2 is 2.12 bits per heavy atom. The van der Waals surface area contributed by atoms with Gasteiger partial charge in [-0.25, -0.2) is 19.6 Å². The number of fused-ring (bicyclic) bond motifs is 3. The normalized spacial score (nSPS) is 21.1. The van der Waals surface area contributed by atoms with Gasteiger partial charge in [-0.3, -0.25) is 4.79 Å². The molecule has 10 heteroatoms. The molecule has 1 saturated heterocycles. The highest BCUT2D eigenvalue weighted by Gasteiger charge is 2.42. The second-order valence-corrected chi connectivity index (χ2v) is 8.75. The number of benzene rings is 1. The number of nitrogens with zero attached hydrogens (tertiary/aromatic N) is 5. The second kappa shape index (κ2) is 8.07. The molecule has 10 nitrogen and oxygen atoms in total. The number of ether oxygens (including phenoxy) is 1. The van der Waals surface area contributed by atoms with Crippen LogP contribution in [0.25, 0.3) is 22.3 Å². The van der Waals surface area contributed by atoms with Crippen LogP contribution in [-0.2, 0) is 0 Å². The zero-order chi connectivity index (χ0) is 23.2. The van der Waals surface area contributed by atoms with Crippen molar-refractivity contribution in [3.63, 3.8) is 0 Å². The van der Waals surface area contributed by atoms with Crippen molar-refractivity contribution < 1.29 is 9.53 Å². The van der Waals surface area contributed by atoms with Crippen molar-refractivity contribution in [2.24, 2.45) is 5.92 Å². The lowest BCUT2D eigenvalue weighted by Crippen LogP contribution is -2.35. The Morgan fingerprint density at radius 1 is 1.21 bits per heavy atom. The monoisotopic (exact) mass is 456 g/mol. The molecular formula is C24H24N8O2. The maximum atomic E-state index is 12.8. The minimum Gasteiger partial charge on any atom is -0.496 e. The molecule has 0 radical (unpaired) electrons. The van der Waals surface area contributed by atoms with E-state index in [4.69, 9.17) is 15.6 Å². The number of carbonyl (C=O) groups excluding carboxylic acids is 1. The molecule has 4 N–H and O–H groups in total. The first kappa shape index (κ1) is 20.5. The van der Waals surface area contributed by atoms with Crippen molar-refractivity contribution in [2.45, 2.75) is 24.9 Å². The molecule has 172 valence electrons. The first-order chi connectivity index (χ1) is 16.6. The van der Waals surface area contributed by atoms with Crippen molar-refractivity contribution >= 4 is 28.6 Å². The van der Waals surface area contributed by atoms with E-state index in [0.29, 0.717) is 51.6 Å². The van der Waals surface area contributed by atoms with Gasteiger partial charge in [-0.2, -0.15) is 5.10 Å². The number of pyridine rings is 1. The van der Waals surface area contributed by atoms with Gasteiger partial charge in [0.25, 0.3) is 5.91 Å². The average Bonchev–Trinajstić information content (AvgIpc) is 3.59. The fourth-order valence-corrected chi connectivity index (χ4v) is 5.16. The van der Waals surface area contributed by atoms with Crippen LogP contribution < -0.4 is 21.1 Å². The van der Waals surface area contributed by atoms with E-state index >= 15 is 0 Å². The number of amides is 1. The van der Waals surface area contributed by atoms with Gasteiger partial charge in [-0.05, 0) is 55.6 Å². The summed E-state index contributed by atoms with van der Waals surface area (Å²) in [6.07, 6.45) is 5.30. The molecule has 3 aromatic heterocycles. The molecule has 0 spiro atoms. The van der Waals surface area contributed by atoms with E-state index in [2.05, 4.69) is 25.6 Å². The van der Waals surface area contributed by atoms with Crippen molar-refractivity contribution in [1.29, 1.82) is 0 Å². The third kappa shape index (κ3) is 3.34. The molecule has 3 atom stereocenters. The summed E-state index contributed by atoms with van der Waals surface area (Å²) in [5, 5.41) is 12.0. The van der Waals surface area contributed by atoms with E-state index in [9.17, 15) is 4.79 Å². The van der Waals surface area contributed by atoms with Crippen molar-refractivity contribution in [2.75, 3.05) is 24.7 Å². The summed E-state index contributed by atoms with van der Waals surface area (Å²) >= 11 is 0. The Hall–Kier alpha value is -4.05. The van der Waals surface area contributed by atoms with Crippen LogP contribution >= 0.6 is 0 Å². The number of methoxy groups -OCH3 is 1. The summed E-state index contributed by atoms with van der Waals surface area (Å²) in [4.78, 5) is 25.7. The largest absolute Gasteiger partial charge is 0.496 e. The number of piperidine rings is 1. The third-order valence-electron chi connectivity index (χ3n) is 6.75. The SMILES string of the molecule is COc1cc(C(=O)Nc2ccccn2)ccc1-c1nn(C2C[C@@H]3CN[C@@H]2C3)c2ncnc(N)c12. The minimum atomic E-state index is -0.283. The molecule has 6 rings (SSSR count). The van der Waals surface area contributed by atoms with Gasteiger partial charge in [-0.1, -0.05) is 6.07 Å². The standard InChI is InChI=1S/C24H24N8O2/c1-34-18-10-14(24(33)30-19-4-2-3-7-26-19)5-6-15(18)21-20-22(25)28-12-29-23(20)32(31-21)17-9-13-8-16(17)27-11-13/h2-7,10,12-13,16-17,27H,8-9,11H2,1H3,(H2,25,28,29)(H,26,30,33)/t13-,16-,17?/m1/s1. The predicted molar refractivity (Wildman–Crippen MR) is 127 cm³/mol. The number of nitrogens with one attached hydrogen (secondary N) is 2. The van der Waals surface area contributed by atoms with Gasteiger partial charge in [0, 0.05) is 23.4 Å². The molecule has 1 amide bonds. The number of anilines is 2. The highest BCUT2D eigenvalue weighted by Crippen LogP contribution is 2.43. The number of carbonyl (C=O) groups is 1. The zero-order valence-electron chi connectivity index (χ0n) is 18.6. The van der Waals surface area contributed by atoms with E-state index < -0.39 is 0 Å². The number of hydrogen-bond donors (Lipinski definition) is 3. The zero-order valence-corrected chi connectivity index (χ0v) is 18.6. The molecule has 4 heterocycles. The minimum absolute atomic E-state index is 0.207. The smallest absolute Gasteiger partial charge is 0.256 e. The van der Waals surface area contributed by atoms with Crippen LogP contribution in [0, 0.1) is 5.92 Å². The van der Waals surface area contributed by atoms with Crippen LogP contribution in [0.5, 0.6) is 5.75 Å². The van der Waals surface area contributed by atoms with E-state index in [0.717, 1.165) is 24.9 Å². The van der Waals surface area contributed by atoms with Gasteiger partial charge in [-0.15, -0.1) is 0 Å². The Kier molecular flexibility index (Phi) is 4.88. The van der Waals surface area contributed by atoms with Gasteiger partial charge in [0.15, 0.2) is 5.65 Å². The van der Waals surface area contributed by atoms with Gasteiger partial charge in [0.05, 0.1) is 18.5 Å². The summed E-state index contributed by atoms with van der Waals surface area (Å²) in [6.45, 7) is 1.06. The lowest BCUT2D eigenvalue weighted by molar-refractivity contribution is 0.102. The van der Waals surface area contributed by atoms with E-state index in [1.165, 1.54) is 6.33 Å². The fourth-order valence-electron chi connectivity index (χ4n) is 5.16. The molecule has 1 saturated carbocycles. The van der Waals surface area contributed by atoms with Gasteiger partial charge in [0.1, 0.15) is 29.4 Å². The van der Waals surface area contributed by atoms with Gasteiger partial charge >= 0.3 is 0 Å². The highest BCUT2D eigenvalue weighted by atomic mass is 16.5. The van der Waals surface area contributed by atoms with Gasteiger partial charge in [0.2, 0.25) is 0 Å². The van der Waals surface area contributed by atoms with Gasteiger partial charge < -0.3 is 21.1 Å². The fraction of sp³-hybridized carbons (Fsp3) is 0.292. The summed E-state index contributed by atoms with van der Waals surface area (Å²) in [5.74, 6) is 1.72. The molecule has 1 unspecified atom stereocenters. The van der Waals surface area contributed by atoms with Crippen molar-refractivity contribution in [3.05, 3.63) is 54.5 Å². The maximum Gasteiger partial charge on any atom is 0.256 e. The number of nitrogens with two attached hydrogens (primary N) is 1. The molecule has 4 aromatic rings. The molecular weight excluding hydrogens is 432 g/mol. The first-order valence-electron chi connectivity index (χ1n) is 11.2. The summed E-state index contributed by atoms with van der Waals surface area (Å²) in [5.41, 5.74) is 8.82. The second-order valence-electron chi connectivity index (χ2n) is 8.75. The molecule has 1 aliphatic heterocycles. The number of aromatic nitrogens is 5. The summed E-state index contributed by atoms with van der Waals surface area (Å²) in [6, 6.07) is 11.2. The highest BCUT2D eigenvalue weighted by molar-refractivity contribution is 6.05. The molecule has 2 fully saturated rings. The molecule has 2 aliphatic rings. The molecule has 2 bridgehead atoms. The maximum absolute atomic E-state index is 12.8. The molecule has 34 heavy (non-hydrogen) atoms. The molecule has 1 aliphatic carbocycles. The Balaban J connectivity index is 1.41. The van der Waals surface area contributed by atoms with Crippen molar-refractivity contribution in [3.8, 4) is 17.0 Å². The van der Waals surface area contributed by atoms with E-state index in [1.54, 1.807) is 37.6 Å². The van der Waals surface area contributed by atoms with Crippen LogP contribution in [0.3, 0.4) is 0 Å². The predicted octanol–water partition coefficient (Wildman–Crippen LogP) is 2.65. The molecule has 1 aromatic carbocycles. The van der Waals surface area contributed by atoms with Crippen LogP contribution in [0.1, 0.15) is 29.2 Å².